The maximum atomic E-state index is 9.13. The van der Waals surface area contributed by atoms with E-state index in [9.17, 15) is 0 Å². The summed E-state index contributed by atoms with van der Waals surface area (Å²) in [6.07, 6.45) is 3.39. The SMILES string of the molecule is N#Cc1cc(N2CCOCC2)nc(-c2cccnc2)n1. The Kier molecular flexibility index (Phi) is 3.52. The van der Waals surface area contributed by atoms with Crippen molar-refractivity contribution in [3.05, 3.63) is 36.3 Å². The van der Waals surface area contributed by atoms with E-state index >= 15 is 0 Å². The van der Waals surface area contributed by atoms with E-state index in [2.05, 4.69) is 25.9 Å². The van der Waals surface area contributed by atoms with E-state index in [4.69, 9.17) is 10.00 Å². The molecule has 1 fully saturated rings. The first-order valence-corrected chi connectivity index (χ1v) is 6.39. The van der Waals surface area contributed by atoms with Gasteiger partial charge in [0.15, 0.2) is 5.82 Å². The van der Waals surface area contributed by atoms with Gasteiger partial charge in [0, 0.05) is 37.1 Å². The van der Waals surface area contributed by atoms with Crippen molar-refractivity contribution in [1.29, 1.82) is 5.26 Å². The molecule has 0 bridgehead atoms. The highest BCUT2D eigenvalue weighted by atomic mass is 16.5. The molecule has 0 radical (unpaired) electrons. The van der Waals surface area contributed by atoms with Gasteiger partial charge in [-0.25, -0.2) is 9.97 Å². The van der Waals surface area contributed by atoms with Gasteiger partial charge < -0.3 is 9.64 Å². The molecular formula is C14H13N5O. The molecule has 1 aliphatic heterocycles. The summed E-state index contributed by atoms with van der Waals surface area (Å²) >= 11 is 0. The molecule has 0 amide bonds. The van der Waals surface area contributed by atoms with Crippen LogP contribution in [0.1, 0.15) is 5.69 Å². The molecule has 2 aromatic rings. The molecule has 0 N–H and O–H groups in total. The average Bonchev–Trinajstić information content (AvgIpc) is 2.56. The second-order valence-electron chi connectivity index (χ2n) is 4.39. The van der Waals surface area contributed by atoms with Crippen LogP contribution in [0, 0.1) is 11.3 Å². The topological polar surface area (TPSA) is 74.9 Å². The fourth-order valence-corrected chi connectivity index (χ4v) is 2.07. The van der Waals surface area contributed by atoms with Gasteiger partial charge in [-0.3, -0.25) is 4.98 Å². The van der Waals surface area contributed by atoms with E-state index in [0.717, 1.165) is 24.5 Å². The van der Waals surface area contributed by atoms with Crippen LogP contribution in [-0.2, 0) is 4.74 Å². The Morgan fingerprint density at radius 3 is 2.80 bits per heavy atom. The van der Waals surface area contributed by atoms with Crippen LogP contribution in [0.2, 0.25) is 0 Å². The number of aromatic nitrogens is 3. The van der Waals surface area contributed by atoms with Crippen LogP contribution in [-0.4, -0.2) is 41.3 Å². The number of hydrogen-bond donors (Lipinski definition) is 0. The van der Waals surface area contributed by atoms with Crippen LogP contribution >= 0.6 is 0 Å². The summed E-state index contributed by atoms with van der Waals surface area (Å²) in [4.78, 5) is 15.0. The Morgan fingerprint density at radius 2 is 2.10 bits per heavy atom. The summed E-state index contributed by atoms with van der Waals surface area (Å²) in [7, 11) is 0. The third-order valence-electron chi connectivity index (χ3n) is 3.08. The number of nitrogens with zero attached hydrogens (tertiary/aromatic N) is 5. The molecule has 6 nitrogen and oxygen atoms in total. The summed E-state index contributed by atoms with van der Waals surface area (Å²) in [5, 5.41) is 9.13. The van der Waals surface area contributed by atoms with Crippen LogP contribution in [0.5, 0.6) is 0 Å². The molecule has 0 aromatic carbocycles. The minimum absolute atomic E-state index is 0.361. The number of nitriles is 1. The van der Waals surface area contributed by atoms with E-state index in [-0.39, 0.29) is 0 Å². The Morgan fingerprint density at radius 1 is 1.25 bits per heavy atom. The minimum atomic E-state index is 0.361. The fourth-order valence-electron chi connectivity index (χ4n) is 2.07. The van der Waals surface area contributed by atoms with Crippen molar-refractivity contribution < 1.29 is 4.74 Å². The standard InChI is InChI=1S/C14H13N5O/c15-9-12-8-13(19-4-6-20-7-5-19)18-14(17-12)11-2-1-3-16-10-11/h1-3,8,10H,4-7H2. The van der Waals surface area contributed by atoms with Crippen molar-refractivity contribution in [3.63, 3.8) is 0 Å². The van der Waals surface area contributed by atoms with Crippen molar-refractivity contribution in [2.75, 3.05) is 31.2 Å². The largest absolute Gasteiger partial charge is 0.378 e. The Bertz CT molecular complexity index is 632. The zero-order chi connectivity index (χ0) is 13.8. The summed E-state index contributed by atoms with van der Waals surface area (Å²) in [6, 6.07) is 7.51. The molecule has 0 spiro atoms. The monoisotopic (exact) mass is 267 g/mol. The Labute approximate surface area is 116 Å². The molecule has 20 heavy (non-hydrogen) atoms. The molecule has 0 atom stereocenters. The summed E-state index contributed by atoms with van der Waals surface area (Å²) in [5.74, 6) is 1.29. The van der Waals surface area contributed by atoms with E-state index in [1.54, 1.807) is 18.5 Å². The van der Waals surface area contributed by atoms with Crippen LogP contribution in [0.15, 0.2) is 30.6 Å². The summed E-state index contributed by atoms with van der Waals surface area (Å²) in [6.45, 7) is 2.89. The number of anilines is 1. The lowest BCUT2D eigenvalue weighted by Crippen LogP contribution is -2.36. The second kappa shape index (κ2) is 5.63. The van der Waals surface area contributed by atoms with Crippen molar-refractivity contribution in [2.45, 2.75) is 0 Å². The lowest BCUT2D eigenvalue weighted by Gasteiger charge is -2.28. The number of hydrogen-bond acceptors (Lipinski definition) is 6. The maximum absolute atomic E-state index is 9.13. The average molecular weight is 267 g/mol. The van der Waals surface area contributed by atoms with Gasteiger partial charge in [-0.05, 0) is 12.1 Å². The van der Waals surface area contributed by atoms with Crippen molar-refractivity contribution >= 4 is 5.82 Å². The van der Waals surface area contributed by atoms with Crippen LogP contribution < -0.4 is 4.90 Å². The van der Waals surface area contributed by atoms with E-state index in [1.807, 2.05) is 12.1 Å². The molecule has 3 rings (SSSR count). The minimum Gasteiger partial charge on any atom is -0.378 e. The highest BCUT2D eigenvalue weighted by Gasteiger charge is 2.15. The first-order chi connectivity index (χ1) is 9.86. The number of morpholine rings is 1. The fraction of sp³-hybridized carbons (Fsp3) is 0.286. The third-order valence-corrected chi connectivity index (χ3v) is 3.08. The highest BCUT2D eigenvalue weighted by molar-refractivity contribution is 5.58. The van der Waals surface area contributed by atoms with Gasteiger partial charge in [0.1, 0.15) is 17.6 Å². The highest BCUT2D eigenvalue weighted by Crippen LogP contribution is 2.20. The first-order valence-electron chi connectivity index (χ1n) is 6.39. The molecule has 2 aromatic heterocycles. The molecule has 100 valence electrons. The van der Waals surface area contributed by atoms with Crippen molar-refractivity contribution in [1.82, 2.24) is 15.0 Å². The molecule has 1 saturated heterocycles. The zero-order valence-electron chi connectivity index (χ0n) is 10.9. The Balaban J connectivity index is 2.01. The van der Waals surface area contributed by atoms with E-state index < -0.39 is 0 Å². The number of pyridine rings is 1. The van der Waals surface area contributed by atoms with E-state index in [0.29, 0.717) is 24.7 Å². The van der Waals surface area contributed by atoms with Crippen LogP contribution in [0.4, 0.5) is 5.82 Å². The van der Waals surface area contributed by atoms with Crippen LogP contribution in [0.3, 0.4) is 0 Å². The van der Waals surface area contributed by atoms with Gasteiger partial charge in [-0.2, -0.15) is 5.26 Å². The maximum Gasteiger partial charge on any atom is 0.164 e. The predicted octanol–water partition coefficient (Wildman–Crippen LogP) is 1.25. The molecular weight excluding hydrogens is 254 g/mol. The summed E-state index contributed by atoms with van der Waals surface area (Å²) < 4.78 is 5.33. The zero-order valence-corrected chi connectivity index (χ0v) is 10.9. The molecule has 1 aliphatic rings. The third kappa shape index (κ3) is 2.58. The molecule has 0 saturated carbocycles. The van der Waals surface area contributed by atoms with Crippen molar-refractivity contribution in [2.24, 2.45) is 0 Å². The van der Waals surface area contributed by atoms with Crippen LogP contribution in [0.25, 0.3) is 11.4 Å². The smallest absolute Gasteiger partial charge is 0.164 e. The van der Waals surface area contributed by atoms with Crippen molar-refractivity contribution in [3.8, 4) is 17.5 Å². The van der Waals surface area contributed by atoms with E-state index in [1.165, 1.54) is 0 Å². The molecule has 0 aliphatic carbocycles. The number of rotatable bonds is 2. The molecule has 3 heterocycles. The molecule has 6 heteroatoms. The Hall–Kier alpha value is -2.52. The lowest BCUT2D eigenvalue weighted by atomic mass is 10.2. The van der Waals surface area contributed by atoms with Gasteiger partial charge >= 0.3 is 0 Å². The summed E-state index contributed by atoms with van der Waals surface area (Å²) in [5.41, 5.74) is 1.17. The number of ether oxygens (including phenoxy) is 1. The normalized spacial score (nSPS) is 14.8. The predicted molar refractivity (Wildman–Crippen MR) is 73.0 cm³/mol. The van der Waals surface area contributed by atoms with Gasteiger partial charge in [0.2, 0.25) is 0 Å². The van der Waals surface area contributed by atoms with Gasteiger partial charge in [-0.15, -0.1) is 0 Å². The van der Waals surface area contributed by atoms with Gasteiger partial charge in [0.05, 0.1) is 13.2 Å². The lowest BCUT2D eigenvalue weighted by molar-refractivity contribution is 0.122. The first kappa shape index (κ1) is 12.5. The van der Waals surface area contributed by atoms with Gasteiger partial charge in [-0.1, -0.05) is 0 Å². The second-order valence-corrected chi connectivity index (χ2v) is 4.39. The van der Waals surface area contributed by atoms with Gasteiger partial charge in [0.25, 0.3) is 0 Å². The quantitative estimate of drug-likeness (QED) is 0.815. The molecule has 0 unspecified atom stereocenters.